The molecule has 0 unspecified atom stereocenters. The SMILES string of the molecule is COc1cc(N(c2ccc3c(c2)CCC3)[Si](C)(C)C(C)(C)C)nc(OC)n1. The minimum absolute atomic E-state index is 0.136. The second-order valence-electron chi connectivity index (χ2n) is 8.71. The van der Waals surface area contributed by atoms with Crippen molar-refractivity contribution in [1.29, 1.82) is 0 Å². The maximum absolute atomic E-state index is 5.41. The molecule has 0 radical (unpaired) electrons. The van der Waals surface area contributed by atoms with Gasteiger partial charge in [0.05, 0.1) is 14.2 Å². The smallest absolute Gasteiger partial charge is 0.321 e. The summed E-state index contributed by atoms with van der Waals surface area (Å²) < 4.78 is 13.2. The number of methoxy groups -OCH3 is 2. The molecule has 2 aromatic rings. The van der Waals surface area contributed by atoms with Crippen molar-refractivity contribution in [3.63, 3.8) is 0 Å². The number of rotatable bonds is 5. The predicted octanol–water partition coefficient (Wildman–Crippen LogP) is 5.13. The Hall–Kier alpha value is -2.08. The van der Waals surface area contributed by atoms with Gasteiger partial charge >= 0.3 is 6.01 Å². The molecule has 0 saturated carbocycles. The van der Waals surface area contributed by atoms with Gasteiger partial charge in [0.1, 0.15) is 5.82 Å². The second kappa shape index (κ2) is 7.15. The van der Waals surface area contributed by atoms with E-state index < -0.39 is 8.24 Å². The molecule has 3 rings (SSSR count). The molecule has 0 aliphatic heterocycles. The molecule has 0 N–H and O–H groups in total. The molecule has 0 spiro atoms. The standard InChI is InChI=1S/C21H31N3O2Si/c1-21(2,3)27(6,7)24(17-12-11-15-9-8-10-16(15)13-17)18-14-19(25-4)23-20(22-18)26-5/h11-14H,8-10H2,1-7H3. The summed E-state index contributed by atoms with van der Waals surface area (Å²) in [7, 11) is 1.22. The number of ether oxygens (including phenoxy) is 2. The number of hydrogen-bond donors (Lipinski definition) is 0. The van der Waals surface area contributed by atoms with E-state index in [1.807, 2.05) is 6.07 Å². The van der Waals surface area contributed by atoms with Gasteiger partial charge in [0, 0.05) is 11.8 Å². The number of hydrogen-bond acceptors (Lipinski definition) is 5. The van der Waals surface area contributed by atoms with E-state index in [9.17, 15) is 0 Å². The summed E-state index contributed by atoms with van der Waals surface area (Å²) in [6.45, 7) is 11.7. The van der Waals surface area contributed by atoms with Gasteiger partial charge in [-0.2, -0.15) is 9.97 Å². The van der Waals surface area contributed by atoms with Gasteiger partial charge in [-0.15, -0.1) is 0 Å². The van der Waals surface area contributed by atoms with E-state index in [2.05, 4.69) is 61.6 Å². The molecule has 0 saturated heterocycles. The Labute approximate surface area is 163 Å². The Morgan fingerprint density at radius 2 is 1.67 bits per heavy atom. The largest absolute Gasteiger partial charge is 0.481 e. The number of anilines is 2. The van der Waals surface area contributed by atoms with Crippen molar-refractivity contribution in [2.24, 2.45) is 0 Å². The Kier molecular flexibility index (Phi) is 5.21. The van der Waals surface area contributed by atoms with Crippen molar-refractivity contribution in [3.8, 4) is 11.9 Å². The average molecular weight is 386 g/mol. The first-order valence-electron chi connectivity index (χ1n) is 9.56. The molecule has 0 amide bonds. The lowest BCUT2D eigenvalue weighted by Gasteiger charge is -2.46. The first-order chi connectivity index (χ1) is 12.7. The first kappa shape index (κ1) is 19.7. The van der Waals surface area contributed by atoms with E-state index in [1.54, 1.807) is 14.2 Å². The third-order valence-electron chi connectivity index (χ3n) is 6.02. The highest BCUT2D eigenvalue weighted by molar-refractivity contribution is 6.84. The van der Waals surface area contributed by atoms with Crippen molar-refractivity contribution in [2.75, 3.05) is 18.8 Å². The van der Waals surface area contributed by atoms with E-state index in [4.69, 9.17) is 14.5 Å². The molecule has 6 heteroatoms. The Morgan fingerprint density at radius 3 is 2.30 bits per heavy atom. The number of aromatic nitrogens is 2. The summed E-state index contributed by atoms with van der Waals surface area (Å²) in [5.41, 5.74) is 4.14. The Bertz CT molecular complexity index is 808. The zero-order valence-corrected chi connectivity index (χ0v) is 18.6. The van der Waals surface area contributed by atoms with Crippen molar-refractivity contribution < 1.29 is 9.47 Å². The van der Waals surface area contributed by atoms with Crippen LogP contribution in [-0.4, -0.2) is 32.4 Å². The molecular formula is C21H31N3O2Si. The number of aryl methyl sites for hydroxylation is 2. The lowest BCUT2D eigenvalue weighted by atomic mass is 10.1. The topological polar surface area (TPSA) is 47.5 Å². The molecule has 1 heterocycles. The van der Waals surface area contributed by atoms with E-state index in [0.29, 0.717) is 11.9 Å². The minimum atomic E-state index is -1.99. The molecule has 0 atom stereocenters. The van der Waals surface area contributed by atoms with E-state index in [-0.39, 0.29) is 5.04 Å². The minimum Gasteiger partial charge on any atom is -0.481 e. The lowest BCUT2D eigenvalue weighted by molar-refractivity contribution is 0.352. The van der Waals surface area contributed by atoms with Crippen LogP contribution in [0.3, 0.4) is 0 Å². The van der Waals surface area contributed by atoms with E-state index >= 15 is 0 Å². The van der Waals surface area contributed by atoms with Crippen LogP contribution >= 0.6 is 0 Å². The molecule has 146 valence electrons. The van der Waals surface area contributed by atoms with Gasteiger partial charge in [-0.3, -0.25) is 0 Å². The zero-order valence-electron chi connectivity index (χ0n) is 17.6. The third-order valence-corrected chi connectivity index (χ3v) is 11.3. The maximum Gasteiger partial charge on any atom is 0.321 e. The van der Waals surface area contributed by atoms with Crippen LogP contribution in [0.2, 0.25) is 18.1 Å². The van der Waals surface area contributed by atoms with Crippen LogP contribution in [0, 0.1) is 0 Å². The molecule has 0 bridgehead atoms. The molecule has 1 aromatic heterocycles. The first-order valence-corrected chi connectivity index (χ1v) is 12.5. The zero-order chi connectivity index (χ0) is 19.8. The number of benzene rings is 1. The lowest BCUT2D eigenvalue weighted by Crippen LogP contribution is -2.53. The van der Waals surface area contributed by atoms with Crippen LogP contribution in [0.1, 0.15) is 38.3 Å². The van der Waals surface area contributed by atoms with Gasteiger partial charge in [-0.05, 0) is 47.6 Å². The number of fused-ring (bicyclic) bond motifs is 1. The summed E-state index contributed by atoms with van der Waals surface area (Å²) in [4.78, 5) is 8.98. The summed E-state index contributed by atoms with van der Waals surface area (Å²) in [5, 5.41) is 0.136. The van der Waals surface area contributed by atoms with Crippen LogP contribution in [-0.2, 0) is 12.8 Å². The molecule has 1 aliphatic carbocycles. The predicted molar refractivity (Wildman–Crippen MR) is 113 cm³/mol. The summed E-state index contributed by atoms with van der Waals surface area (Å²) >= 11 is 0. The monoisotopic (exact) mass is 385 g/mol. The van der Waals surface area contributed by atoms with Crippen LogP contribution in [0.5, 0.6) is 11.9 Å². The highest BCUT2D eigenvalue weighted by Crippen LogP contribution is 2.45. The fourth-order valence-electron chi connectivity index (χ4n) is 3.48. The van der Waals surface area contributed by atoms with Crippen molar-refractivity contribution in [1.82, 2.24) is 9.97 Å². The molecule has 27 heavy (non-hydrogen) atoms. The van der Waals surface area contributed by atoms with Crippen LogP contribution in [0.25, 0.3) is 0 Å². The van der Waals surface area contributed by atoms with Gasteiger partial charge in [-0.1, -0.05) is 39.9 Å². The van der Waals surface area contributed by atoms with Crippen LogP contribution in [0.15, 0.2) is 24.3 Å². The van der Waals surface area contributed by atoms with Gasteiger partial charge in [0.2, 0.25) is 5.88 Å². The highest BCUT2D eigenvalue weighted by atomic mass is 28.3. The fraction of sp³-hybridized carbons (Fsp3) is 0.524. The fourth-order valence-corrected chi connectivity index (χ4v) is 5.62. The highest BCUT2D eigenvalue weighted by Gasteiger charge is 2.43. The Balaban J connectivity index is 2.20. The maximum atomic E-state index is 5.41. The van der Waals surface area contributed by atoms with Crippen molar-refractivity contribution >= 4 is 19.7 Å². The van der Waals surface area contributed by atoms with Crippen LogP contribution < -0.4 is 14.0 Å². The average Bonchev–Trinajstić information content (AvgIpc) is 3.08. The second-order valence-corrected chi connectivity index (χ2v) is 13.8. The summed E-state index contributed by atoms with van der Waals surface area (Å²) in [6, 6.07) is 9.12. The summed E-state index contributed by atoms with van der Waals surface area (Å²) in [5.74, 6) is 1.35. The molecular weight excluding hydrogens is 354 g/mol. The van der Waals surface area contributed by atoms with Gasteiger partial charge in [0.15, 0.2) is 8.24 Å². The van der Waals surface area contributed by atoms with E-state index in [1.165, 1.54) is 29.7 Å². The number of nitrogens with zero attached hydrogens (tertiary/aromatic N) is 3. The third kappa shape index (κ3) is 3.67. The Morgan fingerprint density at radius 1 is 0.963 bits per heavy atom. The van der Waals surface area contributed by atoms with Crippen molar-refractivity contribution in [3.05, 3.63) is 35.4 Å². The van der Waals surface area contributed by atoms with Crippen LogP contribution in [0.4, 0.5) is 11.5 Å². The van der Waals surface area contributed by atoms with Gasteiger partial charge < -0.3 is 14.0 Å². The normalized spacial score (nSPS) is 14.0. The quantitative estimate of drug-likeness (QED) is 0.668. The molecule has 0 fully saturated rings. The van der Waals surface area contributed by atoms with E-state index in [0.717, 1.165) is 12.2 Å². The molecule has 1 aromatic carbocycles. The summed E-state index contributed by atoms with van der Waals surface area (Å²) in [6.07, 6.45) is 3.59. The van der Waals surface area contributed by atoms with Crippen molar-refractivity contribution in [2.45, 2.75) is 58.2 Å². The van der Waals surface area contributed by atoms with Gasteiger partial charge in [-0.25, -0.2) is 0 Å². The van der Waals surface area contributed by atoms with Gasteiger partial charge in [0.25, 0.3) is 0 Å². The molecule has 5 nitrogen and oxygen atoms in total. The molecule has 1 aliphatic rings.